The molecule has 0 spiro atoms. The van der Waals surface area contributed by atoms with Crippen molar-refractivity contribution in [2.45, 2.75) is 90.3 Å². The molecule has 5 aromatic heterocycles. The van der Waals surface area contributed by atoms with Crippen molar-refractivity contribution in [1.82, 2.24) is 53.5 Å². The lowest BCUT2D eigenvalue weighted by atomic mass is 9.83. The van der Waals surface area contributed by atoms with E-state index in [0.29, 0.717) is 64.6 Å². The van der Waals surface area contributed by atoms with Crippen molar-refractivity contribution in [2.75, 3.05) is 13.2 Å². The molecule has 1 unspecified atom stereocenters. The second-order valence-electron chi connectivity index (χ2n) is 18.7. The van der Waals surface area contributed by atoms with Crippen LogP contribution in [0.15, 0.2) is 75.2 Å². The van der Waals surface area contributed by atoms with Gasteiger partial charge in [-0.3, -0.25) is 19.0 Å². The molecule has 11 rings (SSSR count). The van der Waals surface area contributed by atoms with Crippen LogP contribution < -0.4 is 11.4 Å². The minimum atomic E-state index is -0.865. The molecular weight excluding hydrogens is 837 g/mol. The highest BCUT2D eigenvalue weighted by Gasteiger charge is 2.59. The molecule has 18 heteroatoms. The Balaban J connectivity index is 1.06. The molecule has 1 saturated carbocycles. The van der Waals surface area contributed by atoms with Gasteiger partial charge in [0.05, 0.1) is 40.1 Å². The molecule has 1 aliphatic carbocycles. The van der Waals surface area contributed by atoms with Crippen molar-refractivity contribution in [3.8, 4) is 17.2 Å². The molecule has 8 aromatic rings. The molecule has 65 heavy (non-hydrogen) atoms. The first-order valence-corrected chi connectivity index (χ1v) is 21.9. The topological polar surface area (TPSA) is 169 Å². The van der Waals surface area contributed by atoms with Gasteiger partial charge in [-0.15, -0.1) is 0 Å². The summed E-state index contributed by atoms with van der Waals surface area (Å²) < 4.78 is 49.7. The van der Waals surface area contributed by atoms with E-state index < -0.39 is 28.8 Å². The number of aryl methyl sites for hydroxylation is 3. The first kappa shape index (κ1) is 40.8. The summed E-state index contributed by atoms with van der Waals surface area (Å²) in [7, 11) is 1.70. The normalized spacial score (nSPS) is 21.7. The van der Waals surface area contributed by atoms with E-state index in [2.05, 4.69) is 59.3 Å². The second kappa shape index (κ2) is 14.3. The molecule has 1 amide bonds. The van der Waals surface area contributed by atoms with Crippen LogP contribution in [-0.2, 0) is 23.7 Å². The summed E-state index contributed by atoms with van der Waals surface area (Å²) in [5.74, 6) is -1.10. The number of hydrogen-bond acceptors (Lipinski definition) is 9. The fourth-order valence-corrected chi connectivity index (χ4v) is 10.7. The number of carbonyl (C=O) groups is 1. The Morgan fingerprint density at radius 2 is 1.69 bits per heavy atom. The number of carbonyl (C=O) groups excluding carboxylic acids is 1. The number of amides is 1. The third-order valence-electron chi connectivity index (χ3n) is 14.1. The standard InChI is InChI=1S/C47H47F2N11O5/c1-24-16-31(17-25(2)39(24)48)59-41(57-23-51-60(45(57)63)36-11-10-35-32(40(36)49)22-50-55(35)7)38-27(4)56(14-12-33(38)53-59)42(61)37-19-30-18-28(29-13-15-64-46(5,6)21-29)8-9-34(30)58(37)47(20-26(47)3)43-52-44(62)65-54-43/h8-11,16-19,22-23,26-27,29H,12-15,20-21H2,1-7H3,(H,52,54,62)/t26-,27-,29?,47-/m0/s1. The van der Waals surface area contributed by atoms with Gasteiger partial charge in [-0.05, 0) is 125 Å². The van der Waals surface area contributed by atoms with Gasteiger partial charge in [0.2, 0.25) is 0 Å². The number of nitrogens with one attached hydrogen (secondary N) is 1. The van der Waals surface area contributed by atoms with Crippen molar-refractivity contribution >= 4 is 27.7 Å². The molecule has 2 aliphatic heterocycles. The number of nitrogens with zero attached hydrogens (tertiary/aromatic N) is 10. The number of benzene rings is 3. The van der Waals surface area contributed by atoms with Gasteiger partial charge in [-0.25, -0.2) is 27.6 Å². The van der Waals surface area contributed by atoms with Crippen LogP contribution in [0.4, 0.5) is 8.78 Å². The molecule has 0 radical (unpaired) electrons. The minimum absolute atomic E-state index is 0.00803. The monoisotopic (exact) mass is 883 g/mol. The van der Waals surface area contributed by atoms with Crippen LogP contribution in [0.5, 0.6) is 0 Å². The zero-order valence-electron chi connectivity index (χ0n) is 37.0. The zero-order chi connectivity index (χ0) is 45.4. The van der Waals surface area contributed by atoms with E-state index in [1.165, 1.54) is 23.2 Å². The summed E-state index contributed by atoms with van der Waals surface area (Å²) in [6, 6.07) is 14.1. The van der Waals surface area contributed by atoms with Crippen LogP contribution in [-0.4, -0.2) is 78.2 Å². The van der Waals surface area contributed by atoms with Crippen LogP contribution in [0.25, 0.3) is 39.0 Å². The van der Waals surface area contributed by atoms with Gasteiger partial charge < -0.3 is 14.2 Å². The fraction of sp³-hybridized carbons (Fsp3) is 0.383. The summed E-state index contributed by atoms with van der Waals surface area (Å²) in [5, 5.41) is 18.9. The predicted molar refractivity (Wildman–Crippen MR) is 235 cm³/mol. The van der Waals surface area contributed by atoms with Gasteiger partial charge in [0.25, 0.3) is 5.91 Å². The van der Waals surface area contributed by atoms with Crippen LogP contribution >= 0.6 is 0 Å². The molecular formula is C47H47F2N11O5. The van der Waals surface area contributed by atoms with Crippen molar-refractivity contribution in [2.24, 2.45) is 13.0 Å². The second-order valence-corrected chi connectivity index (χ2v) is 18.7. The first-order chi connectivity index (χ1) is 31.1. The Labute approximate surface area is 370 Å². The van der Waals surface area contributed by atoms with Crippen LogP contribution in [0.2, 0.25) is 0 Å². The highest BCUT2D eigenvalue weighted by atomic mass is 19.1. The Bertz CT molecular complexity index is 3380. The highest BCUT2D eigenvalue weighted by molar-refractivity contribution is 6.00. The predicted octanol–water partition coefficient (Wildman–Crippen LogP) is 6.84. The van der Waals surface area contributed by atoms with Crippen molar-refractivity contribution in [1.29, 1.82) is 0 Å². The number of rotatable bonds is 7. The van der Waals surface area contributed by atoms with Crippen LogP contribution in [0, 0.1) is 31.4 Å². The lowest BCUT2D eigenvalue weighted by Gasteiger charge is -2.35. The maximum Gasteiger partial charge on any atom is 0.438 e. The molecule has 4 atom stereocenters. The van der Waals surface area contributed by atoms with Gasteiger partial charge in [-0.2, -0.15) is 20.0 Å². The molecule has 2 fully saturated rings. The SMILES string of the molecule is Cc1cc(-n2nc3c(c2-n2cnn(-c4ccc5c(cnn5C)c4F)c2=O)[C@H](C)N(C(=O)c2cc4cc(C5CCOC(C)(C)C5)ccc4n2[C@@]2(c4noc(=O)[nH]4)C[C@@H]2C)CC3)cc(C)c1F. The van der Waals surface area contributed by atoms with E-state index in [4.69, 9.17) is 14.4 Å². The first-order valence-electron chi connectivity index (χ1n) is 21.9. The molecule has 334 valence electrons. The van der Waals surface area contributed by atoms with E-state index in [9.17, 15) is 9.59 Å². The highest BCUT2D eigenvalue weighted by Crippen LogP contribution is 2.56. The van der Waals surface area contributed by atoms with E-state index in [0.717, 1.165) is 34.0 Å². The smallest absolute Gasteiger partial charge is 0.376 e. The van der Waals surface area contributed by atoms with Crippen LogP contribution in [0.1, 0.15) is 103 Å². The third kappa shape index (κ3) is 6.12. The maximum absolute atomic E-state index is 16.1. The lowest BCUT2D eigenvalue weighted by Crippen LogP contribution is -2.41. The molecule has 16 nitrogen and oxygen atoms in total. The van der Waals surface area contributed by atoms with Gasteiger partial charge in [0.15, 0.2) is 17.5 Å². The van der Waals surface area contributed by atoms with Crippen LogP contribution in [0.3, 0.4) is 0 Å². The number of hydrogen-bond donors (Lipinski definition) is 1. The summed E-state index contributed by atoms with van der Waals surface area (Å²) in [6.07, 6.45) is 5.36. The Morgan fingerprint density at radius 1 is 0.938 bits per heavy atom. The quantitative estimate of drug-likeness (QED) is 0.180. The number of halogens is 2. The lowest BCUT2D eigenvalue weighted by molar-refractivity contribution is -0.0592. The van der Waals surface area contributed by atoms with Gasteiger partial charge in [0.1, 0.15) is 29.1 Å². The van der Waals surface area contributed by atoms with E-state index in [-0.39, 0.29) is 52.6 Å². The average molecular weight is 884 g/mol. The number of fused-ring (bicyclic) bond motifs is 3. The number of ether oxygens (including phenoxy) is 1. The third-order valence-corrected chi connectivity index (χ3v) is 14.1. The molecule has 0 bridgehead atoms. The van der Waals surface area contributed by atoms with Crippen molar-refractivity contribution < 1.29 is 22.8 Å². The summed E-state index contributed by atoms with van der Waals surface area (Å²) in [5.41, 5.74) is 3.50. The number of H-pyrrole nitrogens is 1. The largest absolute Gasteiger partial charge is 0.438 e. The fourth-order valence-electron chi connectivity index (χ4n) is 10.7. The maximum atomic E-state index is 16.1. The van der Waals surface area contributed by atoms with E-state index in [1.807, 2.05) is 17.6 Å². The van der Waals surface area contributed by atoms with Crippen molar-refractivity contribution in [3.63, 3.8) is 0 Å². The Kier molecular flexibility index (Phi) is 8.96. The summed E-state index contributed by atoms with van der Waals surface area (Å²) in [4.78, 5) is 47.1. The zero-order valence-corrected chi connectivity index (χ0v) is 37.0. The average Bonchev–Trinajstić information content (AvgIpc) is 3.90. The van der Waals surface area contributed by atoms with E-state index >= 15 is 13.6 Å². The summed E-state index contributed by atoms with van der Waals surface area (Å²) >= 11 is 0. The number of aromatic nitrogens is 10. The molecule has 1 saturated heterocycles. The Morgan fingerprint density at radius 3 is 2.40 bits per heavy atom. The van der Waals surface area contributed by atoms with Gasteiger partial charge >= 0.3 is 11.4 Å². The number of aromatic amines is 1. The summed E-state index contributed by atoms with van der Waals surface area (Å²) in [6.45, 7) is 12.4. The minimum Gasteiger partial charge on any atom is -0.376 e. The Hall–Kier alpha value is -6.95. The molecule has 3 aromatic carbocycles. The van der Waals surface area contributed by atoms with Gasteiger partial charge in [0, 0.05) is 43.1 Å². The van der Waals surface area contributed by atoms with Crippen molar-refractivity contribution in [3.05, 3.63) is 133 Å². The van der Waals surface area contributed by atoms with E-state index in [1.54, 1.807) is 53.4 Å². The van der Waals surface area contributed by atoms with Gasteiger partial charge in [-0.1, -0.05) is 18.1 Å². The molecule has 3 aliphatic rings. The molecule has 1 N–H and O–H groups in total. The molecule has 7 heterocycles.